The minimum absolute atomic E-state index is 0.183. The Morgan fingerprint density at radius 1 is 1.19 bits per heavy atom. The molecule has 3 rings (SSSR count). The number of benzene rings is 2. The highest BCUT2D eigenvalue weighted by atomic mass is 19.1. The van der Waals surface area contributed by atoms with Gasteiger partial charge in [-0.15, -0.1) is 0 Å². The maximum absolute atomic E-state index is 14.2. The van der Waals surface area contributed by atoms with Crippen LogP contribution in [0.25, 0.3) is 11.1 Å². The van der Waals surface area contributed by atoms with Crippen LogP contribution in [0.4, 0.5) is 9.18 Å². The van der Waals surface area contributed by atoms with E-state index < -0.39 is 11.9 Å². The van der Waals surface area contributed by atoms with Crippen LogP contribution in [0.1, 0.15) is 37.4 Å². The summed E-state index contributed by atoms with van der Waals surface area (Å²) in [5.74, 6) is 0.317. The lowest BCUT2D eigenvalue weighted by molar-refractivity contribution is 0.161. The summed E-state index contributed by atoms with van der Waals surface area (Å²) in [5.41, 5.74) is 3.18. The van der Waals surface area contributed by atoms with Gasteiger partial charge in [-0.05, 0) is 59.2 Å². The molecule has 0 saturated carbocycles. The maximum atomic E-state index is 14.2. The first-order valence-electron chi connectivity index (χ1n) is 8.81. The molecule has 1 atom stereocenters. The van der Waals surface area contributed by atoms with Crippen LogP contribution < -0.4 is 14.8 Å². The van der Waals surface area contributed by atoms with Gasteiger partial charge >= 0.3 is 6.09 Å². The predicted octanol–water partition coefficient (Wildman–Crippen LogP) is 4.79. The number of carbonyl (C=O) groups is 1. The third-order valence-electron chi connectivity index (χ3n) is 5.32. The van der Waals surface area contributed by atoms with Gasteiger partial charge < -0.3 is 19.9 Å². The Labute approximate surface area is 158 Å². The summed E-state index contributed by atoms with van der Waals surface area (Å²) in [6.07, 6.45) is 0.602. The van der Waals surface area contributed by atoms with Crippen LogP contribution in [0, 0.1) is 11.2 Å². The van der Waals surface area contributed by atoms with Crippen LogP contribution in [0.5, 0.6) is 11.5 Å². The monoisotopic (exact) mass is 373 g/mol. The molecule has 0 unspecified atom stereocenters. The van der Waals surface area contributed by atoms with Crippen molar-refractivity contribution in [2.24, 2.45) is 5.41 Å². The topological polar surface area (TPSA) is 67.8 Å². The molecule has 0 heterocycles. The van der Waals surface area contributed by atoms with Crippen LogP contribution in [-0.4, -0.2) is 25.4 Å². The summed E-state index contributed by atoms with van der Waals surface area (Å²) in [7, 11) is 2.98. The van der Waals surface area contributed by atoms with Crippen molar-refractivity contribution in [3.05, 3.63) is 47.3 Å². The van der Waals surface area contributed by atoms with E-state index in [1.54, 1.807) is 19.2 Å². The molecule has 2 aromatic rings. The number of methoxy groups -OCH3 is 2. The zero-order valence-electron chi connectivity index (χ0n) is 15.9. The first-order valence-corrected chi connectivity index (χ1v) is 8.81. The summed E-state index contributed by atoms with van der Waals surface area (Å²) in [6, 6.07) is 8.29. The van der Waals surface area contributed by atoms with E-state index in [1.165, 1.54) is 13.2 Å². The molecule has 1 aliphatic carbocycles. The number of fused-ring (bicyclic) bond motifs is 1. The van der Waals surface area contributed by atoms with Crippen molar-refractivity contribution in [2.45, 2.75) is 32.7 Å². The molecule has 0 bridgehead atoms. The number of nitrogens with one attached hydrogen (secondary N) is 1. The quantitative estimate of drug-likeness (QED) is 0.808. The van der Waals surface area contributed by atoms with Crippen molar-refractivity contribution in [2.75, 3.05) is 14.2 Å². The second kappa shape index (κ2) is 7.10. The average molecular weight is 373 g/mol. The van der Waals surface area contributed by atoms with E-state index in [-0.39, 0.29) is 17.2 Å². The summed E-state index contributed by atoms with van der Waals surface area (Å²) in [4.78, 5) is 11.3. The number of aryl methyl sites for hydroxylation is 1. The molecule has 0 spiro atoms. The molecule has 1 aliphatic rings. The molecule has 27 heavy (non-hydrogen) atoms. The maximum Gasteiger partial charge on any atom is 0.405 e. The van der Waals surface area contributed by atoms with Gasteiger partial charge in [-0.2, -0.15) is 0 Å². The van der Waals surface area contributed by atoms with Gasteiger partial charge in [0.2, 0.25) is 0 Å². The Morgan fingerprint density at radius 2 is 1.89 bits per heavy atom. The Bertz CT molecular complexity index is 879. The van der Waals surface area contributed by atoms with E-state index in [0.717, 1.165) is 29.5 Å². The van der Waals surface area contributed by atoms with Gasteiger partial charge in [-0.3, -0.25) is 0 Å². The fraction of sp³-hybridized carbons (Fsp3) is 0.381. The predicted molar refractivity (Wildman–Crippen MR) is 101 cm³/mol. The largest absolute Gasteiger partial charge is 0.496 e. The Balaban J connectivity index is 2.12. The summed E-state index contributed by atoms with van der Waals surface area (Å²) in [5, 5.41) is 11.9. The highest BCUT2D eigenvalue weighted by Gasteiger charge is 2.37. The van der Waals surface area contributed by atoms with E-state index in [1.807, 2.05) is 12.1 Å². The van der Waals surface area contributed by atoms with E-state index in [2.05, 4.69) is 19.2 Å². The van der Waals surface area contributed by atoms with Gasteiger partial charge in [0, 0.05) is 5.56 Å². The van der Waals surface area contributed by atoms with E-state index in [9.17, 15) is 14.3 Å². The second-order valence-electron chi connectivity index (χ2n) is 7.47. The highest BCUT2D eigenvalue weighted by Crippen LogP contribution is 2.46. The highest BCUT2D eigenvalue weighted by molar-refractivity contribution is 5.74. The fourth-order valence-electron chi connectivity index (χ4n) is 3.77. The first-order chi connectivity index (χ1) is 12.8. The van der Waals surface area contributed by atoms with Gasteiger partial charge in [-0.25, -0.2) is 9.18 Å². The van der Waals surface area contributed by atoms with Crippen LogP contribution in [0.15, 0.2) is 30.3 Å². The molecule has 144 valence electrons. The summed E-state index contributed by atoms with van der Waals surface area (Å²) < 4.78 is 24.7. The number of amides is 1. The average Bonchev–Trinajstić information content (AvgIpc) is 2.63. The van der Waals surface area contributed by atoms with Crippen LogP contribution >= 0.6 is 0 Å². The first kappa shape index (κ1) is 19.0. The molecule has 6 heteroatoms. The molecular weight excluding hydrogens is 349 g/mol. The second-order valence-corrected chi connectivity index (χ2v) is 7.47. The molecule has 1 amide bonds. The summed E-state index contributed by atoms with van der Waals surface area (Å²) in [6.45, 7) is 4.10. The number of hydrogen-bond donors (Lipinski definition) is 2. The van der Waals surface area contributed by atoms with Crippen molar-refractivity contribution in [3.8, 4) is 22.6 Å². The van der Waals surface area contributed by atoms with Gasteiger partial charge in [0.25, 0.3) is 0 Å². The van der Waals surface area contributed by atoms with Gasteiger partial charge in [0.15, 0.2) is 11.6 Å². The van der Waals surface area contributed by atoms with Gasteiger partial charge in [-0.1, -0.05) is 19.9 Å². The minimum atomic E-state index is -1.05. The lowest BCUT2D eigenvalue weighted by atomic mass is 9.70. The molecular formula is C21H24FNO4. The van der Waals surface area contributed by atoms with Crippen LogP contribution in [-0.2, 0) is 6.42 Å². The molecule has 0 aromatic heterocycles. The van der Waals surface area contributed by atoms with Crippen molar-refractivity contribution in [1.29, 1.82) is 0 Å². The molecule has 2 N–H and O–H groups in total. The molecule has 2 aromatic carbocycles. The molecule has 0 fully saturated rings. The lowest BCUT2D eigenvalue weighted by Crippen LogP contribution is -2.40. The van der Waals surface area contributed by atoms with Gasteiger partial charge in [0.1, 0.15) is 5.75 Å². The standard InChI is InChI=1S/C21H24FNO4/c1-21(2)8-7-13-9-14(12-5-6-17(26-3)16(22)10-12)18(27-4)11-15(13)19(21)23-20(24)25/h5-6,9-11,19,23H,7-8H2,1-4H3,(H,24,25)/t19-/m1/s1. The van der Waals surface area contributed by atoms with Crippen LogP contribution in [0.2, 0.25) is 0 Å². The van der Waals surface area contributed by atoms with E-state index in [0.29, 0.717) is 11.3 Å². The van der Waals surface area contributed by atoms with Crippen molar-refractivity contribution in [1.82, 2.24) is 5.32 Å². The number of halogens is 1. The Morgan fingerprint density at radius 3 is 2.48 bits per heavy atom. The number of carboxylic acid groups (broad SMARTS) is 1. The Kier molecular flexibility index (Phi) is 5.00. The zero-order valence-corrected chi connectivity index (χ0v) is 15.9. The molecule has 0 saturated heterocycles. The zero-order chi connectivity index (χ0) is 19.8. The smallest absolute Gasteiger partial charge is 0.405 e. The molecule has 0 aliphatic heterocycles. The van der Waals surface area contributed by atoms with Crippen molar-refractivity contribution < 1.29 is 23.8 Å². The van der Waals surface area contributed by atoms with Crippen LogP contribution in [0.3, 0.4) is 0 Å². The fourth-order valence-corrected chi connectivity index (χ4v) is 3.77. The third kappa shape index (κ3) is 3.56. The third-order valence-corrected chi connectivity index (χ3v) is 5.32. The summed E-state index contributed by atoms with van der Waals surface area (Å²) >= 11 is 0. The van der Waals surface area contributed by atoms with E-state index >= 15 is 0 Å². The van der Waals surface area contributed by atoms with Crippen molar-refractivity contribution >= 4 is 6.09 Å². The minimum Gasteiger partial charge on any atom is -0.496 e. The molecule has 0 radical (unpaired) electrons. The Hall–Kier alpha value is -2.76. The van der Waals surface area contributed by atoms with Gasteiger partial charge in [0.05, 0.1) is 20.3 Å². The number of ether oxygens (including phenoxy) is 2. The SMILES string of the molecule is COc1ccc(-c2cc3c(cc2OC)[C@@H](NC(=O)O)C(C)(C)CC3)cc1F. The molecule has 5 nitrogen and oxygen atoms in total. The number of hydrogen-bond acceptors (Lipinski definition) is 3. The van der Waals surface area contributed by atoms with E-state index in [4.69, 9.17) is 9.47 Å². The normalized spacial score (nSPS) is 17.7. The number of rotatable bonds is 4. The van der Waals surface area contributed by atoms with Crippen molar-refractivity contribution in [3.63, 3.8) is 0 Å². The lowest BCUT2D eigenvalue weighted by Gasteiger charge is -2.40.